The molecule has 0 fully saturated rings. The molecule has 0 rings (SSSR count). The van der Waals surface area contributed by atoms with E-state index in [1.165, 1.54) is 6.92 Å². The van der Waals surface area contributed by atoms with Crippen molar-refractivity contribution in [2.45, 2.75) is 32.5 Å². The molecule has 0 bridgehead atoms. The molecule has 0 saturated heterocycles. The van der Waals surface area contributed by atoms with Crippen LogP contribution in [0.15, 0.2) is 0 Å². The van der Waals surface area contributed by atoms with Crippen molar-refractivity contribution in [3.8, 4) is 0 Å². The number of hydrogen-bond acceptors (Lipinski definition) is 1. The van der Waals surface area contributed by atoms with Gasteiger partial charge in [-0.3, -0.25) is 0 Å². The molecule has 0 unspecified atom stereocenters. The van der Waals surface area contributed by atoms with Crippen molar-refractivity contribution in [2.24, 2.45) is 0 Å². The third kappa shape index (κ3) is 2.17. The molecule has 0 radical (unpaired) electrons. The second kappa shape index (κ2) is 2.78. The summed E-state index contributed by atoms with van der Waals surface area (Å²) >= 11 is 0. The molecule has 0 saturated carbocycles. The first-order valence-corrected chi connectivity index (χ1v) is 3.02. The molecule has 0 N–H and O–H groups in total. The molecule has 0 aromatic rings. The van der Waals surface area contributed by atoms with Crippen LogP contribution < -0.4 is 0 Å². The summed E-state index contributed by atoms with van der Waals surface area (Å²) in [5.74, 6) is 0. The Kier molecular flexibility index (Phi) is 2.71. The Morgan fingerprint density at radius 3 is 1.70 bits per heavy atom. The van der Waals surface area contributed by atoms with Crippen molar-refractivity contribution in [1.29, 1.82) is 0 Å². The molecular formula is C6H11F3O. The summed E-state index contributed by atoms with van der Waals surface area (Å²) in [5.41, 5.74) is -2.61. The summed E-state index contributed by atoms with van der Waals surface area (Å²) in [7, 11) is 0. The van der Waals surface area contributed by atoms with Crippen LogP contribution in [0.1, 0.15) is 20.8 Å². The highest BCUT2D eigenvalue weighted by molar-refractivity contribution is 4.76. The Labute approximate surface area is 58.2 Å². The van der Waals surface area contributed by atoms with Crippen LogP contribution in [0.3, 0.4) is 0 Å². The molecule has 0 aromatic carbocycles. The van der Waals surface area contributed by atoms with Gasteiger partial charge in [0.2, 0.25) is 0 Å². The third-order valence-electron chi connectivity index (χ3n) is 1.02. The number of ether oxygens (including phenoxy) is 1. The number of hydrogen-bond donors (Lipinski definition) is 0. The van der Waals surface area contributed by atoms with Crippen LogP contribution in [0.25, 0.3) is 0 Å². The van der Waals surface area contributed by atoms with Gasteiger partial charge in [0, 0.05) is 0 Å². The van der Waals surface area contributed by atoms with E-state index in [2.05, 4.69) is 4.74 Å². The third-order valence-corrected chi connectivity index (χ3v) is 1.02. The minimum atomic E-state index is -3.68. The summed E-state index contributed by atoms with van der Waals surface area (Å²) < 4.78 is 41.0. The fraction of sp³-hybridized carbons (Fsp3) is 1.00. The lowest BCUT2D eigenvalue weighted by molar-refractivity contribution is -0.298. The van der Waals surface area contributed by atoms with Crippen LogP contribution >= 0.6 is 0 Å². The highest BCUT2D eigenvalue weighted by Gasteiger charge is 2.48. The molecule has 4 heteroatoms. The number of rotatable bonds is 3. The second-order valence-electron chi connectivity index (χ2n) is 2.42. The standard InChI is InChI=1S/C6H11F3O/c1-4-10-6(8,9)5(2,3)7/h4H2,1-3H3. The van der Waals surface area contributed by atoms with E-state index in [4.69, 9.17) is 0 Å². The van der Waals surface area contributed by atoms with Crippen LogP contribution in [0.2, 0.25) is 0 Å². The van der Waals surface area contributed by atoms with Gasteiger partial charge < -0.3 is 4.74 Å². The Morgan fingerprint density at radius 1 is 1.20 bits per heavy atom. The van der Waals surface area contributed by atoms with Crippen LogP contribution in [0, 0.1) is 0 Å². The second-order valence-corrected chi connectivity index (χ2v) is 2.42. The smallest absolute Gasteiger partial charge is 0.318 e. The highest BCUT2D eigenvalue weighted by Crippen LogP contribution is 2.32. The van der Waals surface area contributed by atoms with E-state index in [1.54, 1.807) is 0 Å². The molecule has 10 heavy (non-hydrogen) atoms. The van der Waals surface area contributed by atoms with Gasteiger partial charge >= 0.3 is 6.11 Å². The van der Waals surface area contributed by atoms with E-state index < -0.39 is 11.8 Å². The van der Waals surface area contributed by atoms with E-state index >= 15 is 0 Å². The van der Waals surface area contributed by atoms with Crippen molar-refractivity contribution in [3.05, 3.63) is 0 Å². The van der Waals surface area contributed by atoms with E-state index in [1.807, 2.05) is 0 Å². The lowest BCUT2D eigenvalue weighted by Crippen LogP contribution is -2.41. The predicted octanol–water partition coefficient (Wildman–Crippen LogP) is 2.36. The van der Waals surface area contributed by atoms with Crippen molar-refractivity contribution >= 4 is 0 Å². The zero-order valence-electron chi connectivity index (χ0n) is 6.25. The first-order valence-electron chi connectivity index (χ1n) is 3.02. The summed E-state index contributed by atoms with van der Waals surface area (Å²) in [6.45, 7) is 2.76. The van der Waals surface area contributed by atoms with Crippen molar-refractivity contribution in [3.63, 3.8) is 0 Å². The maximum absolute atomic E-state index is 12.5. The summed E-state index contributed by atoms with van der Waals surface area (Å²) in [4.78, 5) is 0. The molecule has 62 valence electrons. The largest absolute Gasteiger partial charge is 0.389 e. The molecule has 0 atom stereocenters. The van der Waals surface area contributed by atoms with Gasteiger partial charge in [0.1, 0.15) is 0 Å². The maximum Gasteiger partial charge on any atom is 0.389 e. The summed E-state index contributed by atoms with van der Waals surface area (Å²) in [5, 5.41) is 0. The Balaban J connectivity index is 4.10. The molecule has 0 amide bonds. The SMILES string of the molecule is CCOC(F)(F)C(C)(C)F. The minimum absolute atomic E-state index is 0.194. The van der Waals surface area contributed by atoms with Gasteiger partial charge in [-0.25, -0.2) is 4.39 Å². The molecule has 1 nitrogen and oxygen atoms in total. The van der Waals surface area contributed by atoms with Crippen LogP contribution in [0.5, 0.6) is 0 Å². The zero-order chi connectivity index (χ0) is 8.41. The first kappa shape index (κ1) is 9.75. The topological polar surface area (TPSA) is 9.23 Å². The average Bonchev–Trinajstić information content (AvgIpc) is 1.61. The quantitative estimate of drug-likeness (QED) is 0.609. The van der Waals surface area contributed by atoms with Crippen LogP contribution in [-0.4, -0.2) is 18.4 Å². The first-order chi connectivity index (χ1) is 4.31. The molecule has 0 aromatic heterocycles. The van der Waals surface area contributed by atoms with Gasteiger partial charge in [0.15, 0.2) is 5.67 Å². The Bertz CT molecular complexity index is 106. The molecular weight excluding hydrogens is 145 g/mol. The Hall–Kier alpha value is -0.250. The zero-order valence-corrected chi connectivity index (χ0v) is 6.25. The van der Waals surface area contributed by atoms with Crippen molar-refractivity contribution in [1.82, 2.24) is 0 Å². The number of alkyl halides is 3. The molecule has 0 aliphatic heterocycles. The lowest BCUT2D eigenvalue weighted by Gasteiger charge is -2.25. The van der Waals surface area contributed by atoms with Crippen molar-refractivity contribution in [2.75, 3.05) is 6.61 Å². The van der Waals surface area contributed by atoms with Gasteiger partial charge in [0.05, 0.1) is 6.61 Å². The van der Waals surface area contributed by atoms with E-state index in [-0.39, 0.29) is 6.61 Å². The monoisotopic (exact) mass is 156 g/mol. The Morgan fingerprint density at radius 2 is 1.60 bits per heavy atom. The van der Waals surface area contributed by atoms with Crippen LogP contribution in [-0.2, 0) is 4.74 Å². The van der Waals surface area contributed by atoms with E-state index in [0.29, 0.717) is 0 Å². The predicted molar refractivity (Wildman–Crippen MR) is 31.8 cm³/mol. The minimum Gasteiger partial charge on any atom is -0.318 e. The molecule has 0 heterocycles. The summed E-state index contributed by atoms with van der Waals surface area (Å²) in [6.07, 6.45) is -3.68. The summed E-state index contributed by atoms with van der Waals surface area (Å²) in [6, 6.07) is 0. The van der Waals surface area contributed by atoms with Gasteiger partial charge in [-0.1, -0.05) is 0 Å². The highest BCUT2D eigenvalue weighted by atomic mass is 19.3. The molecule has 0 aliphatic rings. The lowest BCUT2D eigenvalue weighted by atomic mass is 10.1. The van der Waals surface area contributed by atoms with Gasteiger partial charge in [-0.2, -0.15) is 8.78 Å². The fourth-order valence-corrected chi connectivity index (χ4v) is 0.353. The van der Waals surface area contributed by atoms with Crippen LogP contribution in [0.4, 0.5) is 13.2 Å². The average molecular weight is 156 g/mol. The number of halogens is 3. The van der Waals surface area contributed by atoms with E-state index in [9.17, 15) is 13.2 Å². The normalized spacial score (nSPS) is 13.8. The van der Waals surface area contributed by atoms with Crippen molar-refractivity contribution < 1.29 is 17.9 Å². The molecule has 0 aliphatic carbocycles. The maximum atomic E-state index is 12.5. The van der Waals surface area contributed by atoms with Gasteiger partial charge in [-0.05, 0) is 20.8 Å². The van der Waals surface area contributed by atoms with Gasteiger partial charge in [-0.15, -0.1) is 0 Å². The van der Waals surface area contributed by atoms with Gasteiger partial charge in [0.25, 0.3) is 0 Å². The molecule has 0 spiro atoms. The van der Waals surface area contributed by atoms with E-state index in [0.717, 1.165) is 13.8 Å². The fourth-order valence-electron chi connectivity index (χ4n) is 0.353.